The molecule has 1 N–H and O–H groups in total. The maximum Gasteiger partial charge on any atom is 0.123 e. The van der Waals surface area contributed by atoms with Crippen LogP contribution in [0.4, 0.5) is 4.39 Å². The Bertz CT molecular complexity index is 915. The van der Waals surface area contributed by atoms with Crippen LogP contribution in [-0.2, 0) is 6.61 Å². The van der Waals surface area contributed by atoms with Gasteiger partial charge < -0.3 is 5.11 Å². The Morgan fingerprint density at radius 1 is 0.778 bits per heavy atom. The molecule has 0 aliphatic carbocycles. The molecule has 0 bridgehead atoms. The molecule has 0 unspecified atom stereocenters. The van der Waals surface area contributed by atoms with Crippen molar-refractivity contribution < 1.29 is 9.50 Å². The van der Waals surface area contributed by atoms with E-state index in [1.807, 2.05) is 18.2 Å². The molecule has 1 heterocycles. The number of aliphatic hydroxyl groups excluding tert-OH is 1. The van der Waals surface area contributed by atoms with Gasteiger partial charge in [0.05, 0.1) is 12.3 Å². The Kier molecular flexibility index (Phi) is 5.71. The summed E-state index contributed by atoms with van der Waals surface area (Å²) in [6, 6.07) is 16.6. The molecule has 3 aromatic rings. The van der Waals surface area contributed by atoms with E-state index in [1.165, 1.54) is 12.1 Å². The lowest BCUT2D eigenvalue weighted by Gasteiger charge is -2.24. The van der Waals surface area contributed by atoms with Gasteiger partial charge in [-0.15, -0.1) is 0 Å². The predicted molar refractivity (Wildman–Crippen MR) is 109 cm³/mol. The number of halogens is 1. The van der Waals surface area contributed by atoms with Crippen LogP contribution in [0.5, 0.6) is 0 Å². The van der Waals surface area contributed by atoms with Crippen LogP contribution in [-0.4, -0.2) is 10.1 Å². The van der Waals surface area contributed by atoms with Gasteiger partial charge in [-0.25, -0.2) is 4.39 Å². The van der Waals surface area contributed by atoms with E-state index in [0.717, 1.165) is 39.2 Å². The highest BCUT2D eigenvalue weighted by Gasteiger charge is 2.24. The van der Waals surface area contributed by atoms with E-state index < -0.39 is 0 Å². The van der Waals surface area contributed by atoms with E-state index in [1.54, 1.807) is 12.1 Å². The average molecular weight is 363 g/mol. The summed E-state index contributed by atoms with van der Waals surface area (Å²) in [6.45, 7) is 8.33. The molecule has 0 saturated carbocycles. The van der Waals surface area contributed by atoms with Gasteiger partial charge in [-0.1, -0.05) is 70.2 Å². The normalized spacial score (nSPS) is 11.4. The van der Waals surface area contributed by atoms with Crippen molar-refractivity contribution in [2.45, 2.75) is 46.1 Å². The van der Waals surface area contributed by atoms with Crippen LogP contribution in [0, 0.1) is 5.82 Å². The topological polar surface area (TPSA) is 33.1 Å². The van der Waals surface area contributed by atoms with Gasteiger partial charge in [0.2, 0.25) is 0 Å². The Morgan fingerprint density at radius 2 is 1.33 bits per heavy atom. The summed E-state index contributed by atoms with van der Waals surface area (Å²) in [7, 11) is 0. The second-order valence-corrected chi connectivity index (χ2v) is 7.45. The van der Waals surface area contributed by atoms with E-state index >= 15 is 0 Å². The SMILES string of the molecule is CC(C)c1nc(C(C)C)c(-c2ccccc2)c(-c2ccc(F)cc2)c1CO. The molecule has 2 aromatic carbocycles. The molecule has 0 atom stereocenters. The number of hydrogen-bond acceptors (Lipinski definition) is 2. The highest BCUT2D eigenvalue weighted by atomic mass is 19.1. The van der Waals surface area contributed by atoms with E-state index in [0.29, 0.717) is 0 Å². The van der Waals surface area contributed by atoms with E-state index in [2.05, 4.69) is 39.8 Å². The van der Waals surface area contributed by atoms with E-state index in [4.69, 9.17) is 4.98 Å². The monoisotopic (exact) mass is 363 g/mol. The minimum Gasteiger partial charge on any atom is -0.392 e. The van der Waals surface area contributed by atoms with Crippen molar-refractivity contribution in [2.24, 2.45) is 0 Å². The zero-order valence-electron chi connectivity index (χ0n) is 16.3. The maximum absolute atomic E-state index is 13.6. The van der Waals surface area contributed by atoms with Crippen molar-refractivity contribution in [2.75, 3.05) is 0 Å². The lowest BCUT2D eigenvalue weighted by Crippen LogP contribution is -2.10. The third-order valence-electron chi connectivity index (χ3n) is 4.81. The minimum absolute atomic E-state index is 0.106. The van der Waals surface area contributed by atoms with Gasteiger partial charge in [0.25, 0.3) is 0 Å². The van der Waals surface area contributed by atoms with Crippen molar-refractivity contribution in [3.8, 4) is 22.3 Å². The standard InChI is InChI=1S/C24H26FNO/c1-15(2)23-20(14-27)21(18-10-12-19(25)13-11-18)22(24(26-23)16(3)4)17-8-6-5-7-9-17/h5-13,15-16,27H,14H2,1-4H3. The molecule has 0 radical (unpaired) electrons. The number of aliphatic hydroxyl groups is 1. The van der Waals surface area contributed by atoms with Gasteiger partial charge in [0.1, 0.15) is 5.82 Å². The van der Waals surface area contributed by atoms with Gasteiger partial charge in [0.15, 0.2) is 0 Å². The van der Waals surface area contributed by atoms with Crippen LogP contribution in [0.25, 0.3) is 22.3 Å². The lowest BCUT2D eigenvalue weighted by atomic mass is 9.84. The average Bonchev–Trinajstić information content (AvgIpc) is 2.67. The van der Waals surface area contributed by atoms with Crippen molar-refractivity contribution >= 4 is 0 Å². The van der Waals surface area contributed by atoms with Crippen LogP contribution in [0.15, 0.2) is 54.6 Å². The van der Waals surface area contributed by atoms with Crippen molar-refractivity contribution in [1.29, 1.82) is 0 Å². The minimum atomic E-state index is -0.271. The highest BCUT2D eigenvalue weighted by Crippen LogP contribution is 2.42. The molecule has 1 aromatic heterocycles. The molecule has 3 rings (SSSR count). The fourth-order valence-corrected chi connectivity index (χ4v) is 3.55. The number of nitrogens with zero attached hydrogens (tertiary/aromatic N) is 1. The Balaban J connectivity index is 2.47. The number of benzene rings is 2. The Hall–Kier alpha value is -2.52. The molecule has 0 aliphatic rings. The number of rotatable bonds is 5. The molecule has 0 amide bonds. The first-order valence-corrected chi connectivity index (χ1v) is 9.42. The summed E-state index contributed by atoms with van der Waals surface area (Å²) in [4.78, 5) is 4.99. The molecule has 3 heteroatoms. The molecular formula is C24H26FNO. The maximum atomic E-state index is 13.6. The lowest BCUT2D eigenvalue weighted by molar-refractivity contribution is 0.280. The summed E-state index contributed by atoms with van der Waals surface area (Å²) in [5.74, 6) is 0.117. The summed E-state index contributed by atoms with van der Waals surface area (Å²) in [5.41, 5.74) is 6.64. The van der Waals surface area contributed by atoms with Crippen LogP contribution in [0.2, 0.25) is 0 Å². The van der Waals surface area contributed by atoms with Crippen molar-refractivity contribution in [3.63, 3.8) is 0 Å². The number of aromatic nitrogens is 1. The van der Waals surface area contributed by atoms with E-state index in [9.17, 15) is 9.50 Å². The summed E-state index contributed by atoms with van der Waals surface area (Å²) in [5, 5.41) is 10.3. The number of pyridine rings is 1. The third-order valence-corrected chi connectivity index (χ3v) is 4.81. The molecular weight excluding hydrogens is 337 g/mol. The highest BCUT2D eigenvalue weighted by molar-refractivity contribution is 5.88. The molecule has 2 nitrogen and oxygen atoms in total. The third kappa shape index (κ3) is 3.79. The van der Waals surface area contributed by atoms with Crippen molar-refractivity contribution in [1.82, 2.24) is 4.98 Å². The Morgan fingerprint density at radius 3 is 1.85 bits per heavy atom. The first-order valence-electron chi connectivity index (χ1n) is 9.42. The quantitative estimate of drug-likeness (QED) is 0.577. The van der Waals surface area contributed by atoms with Gasteiger partial charge >= 0.3 is 0 Å². The van der Waals surface area contributed by atoms with Gasteiger partial charge in [-0.05, 0) is 40.7 Å². The fraction of sp³-hybridized carbons (Fsp3) is 0.292. The Labute approximate surface area is 160 Å². The second kappa shape index (κ2) is 8.01. The first-order chi connectivity index (χ1) is 12.9. The first kappa shape index (κ1) is 19.2. The van der Waals surface area contributed by atoms with E-state index in [-0.39, 0.29) is 24.3 Å². The molecule has 0 saturated heterocycles. The fourth-order valence-electron chi connectivity index (χ4n) is 3.55. The smallest absolute Gasteiger partial charge is 0.123 e. The molecule has 27 heavy (non-hydrogen) atoms. The van der Waals surface area contributed by atoms with Crippen LogP contribution < -0.4 is 0 Å². The summed E-state index contributed by atoms with van der Waals surface area (Å²) < 4.78 is 13.6. The summed E-state index contributed by atoms with van der Waals surface area (Å²) >= 11 is 0. The summed E-state index contributed by atoms with van der Waals surface area (Å²) in [6.07, 6.45) is 0. The molecule has 0 fully saturated rings. The van der Waals surface area contributed by atoms with Crippen LogP contribution in [0.1, 0.15) is 56.5 Å². The van der Waals surface area contributed by atoms with Crippen LogP contribution in [0.3, 0.4) is 0 Å². The molecule has 0 spiro atoms. The zero-order valence-corrected chi connectivity index (χ0v) is 16.3. The number of hydrogen-bond donors (Lipinski definition) is 1. The van der Waals surface area contributed by atoms with Crippen LogP contribution >= 0.6 is 0 Å². The zero-order chi connectivity index (χ0) is 19.6. The van der Waals surface area contributed by atoms with Gasteiger partial charge in [-0.2, -0.15) is 0 Å². The van der Waals surface area contributed by atoms with Gasteiger partial charge in [-0.3, -0.25) is 4.98 Å². The largest absolute Gasteiger partial charge is 0.392 e. The molecule has 140 valence electrons. The van der Waals surface area contributed by atoms with Gasteiger partial charge in [0, 0.05) is 16.8 Å². The van der Waals surface area contributed by atoms with Crippen molar-refractivity contribution in [3.05, 3.63) is 77.4 Å². The molecule has 0 aliphatic heterocycles. The second-order valence-electron chi connectivity index (χ2n) is 7.45. The predicted octanol–water partition coefficient (Wildman–Crippen LogP) is 6.29.